The minimum absolute atomic E-state index is 0.0437. The number of nitrogens with one attached hydrogen (secondary N) is 2. The molecule has 3 amide bonds. The SMILES string of the molecule is O=C(Nc1ccc(Cl)cc1F)NC1CCN(c2ccc(-c3ccccc3CO)c(F)c2F)C1=O. The summed E-state index contributed by atoms with van der Waals surface area (Å²) in [6, 6.07) is 10.9. The molecule has 0 radical (unpaired) electrons. The van der Waals surface area contributed by atoms with Gasteiger partial charge in [-0.3, -0.25) is 4.79 Å². The zero-order valence-electron chi connectivity index (χ0n) is 17.6. The van der Waals surface area contributed by atoms with Gasteiger partial charge in [0.1, 0.15) is 11.9 Å². The van der Waals surface area contributed by atoms with Crippen molar-refractivity contribution in [1.29, 1.82) is 0 Å². The number of aliphatic hydroxyl groups excluding tert-OH is 1. The number of benzene rings is 3. The first-order valence-electron chi connectivity index (χ1n) is 10.3. The first kappa shape index (κ1) is 23.6. The minimum atomic E-state index is -1.22. The molecule has 10 heteroatoms. The Morgan fingerprint density at radius 2 is 1.82 bits per heavy atom. The van der Waals surface area contributed by atoms with Crippen LogP contribution >= 0.6 is 11.6 Å². The van der Waals surface area contributed by atoms with Gasteiger partial charge in [-0.25, -0.2) is 18.0 Å². The van der Waals surface area contributed by atoms with Crippen LogP contribution in [0.3, 0.4) is 0 Å². The van der Waals surface area contributed by atoms with Crippen LogP contribution < -0.4 is 15.5 Å². The second kappa shape index (κ2) is 9.74. The topological polar surface area (TPSA) is 81.7 Å². The van der Waals surface area contributed by atoms with E-state index in [2.05, 4.69) is 10.6 Å². The smallest absolute Gasteiger partial charge is 0.319 e. The molecule has 3 aromatic rings. The predicted molar refractivity (Wildman–Crippen MR) is 122 cm³/mol. The predicted octanol–water partition coefficient (Wildman–Crippen LogP) is 4.84. The van der Waals surface area contributed by atoms with Gasteiger partial charge in [0, 0.05) is 17.1 Å². The van der Waals surface area contributed by atoms with Crippen LogP contribution in [0.1, 0.15) is 12.0 Å². The molecule has 1 heterocycles. The monoisotopic (exact) mass is 489 g/mol. The fourth-order valence-corrected chi connectivity index (χ4v) is 4.00. The van der Waals surface area contributed by atoms with Crippen LogP contribution in [0, 0.1) is 17.5 Å². The Bertz CT molecular complexity index is 1270. The fraction of sp³-hybridized carbons (Fsp3) is 0.167. The van der Waals surface area contributed by atoms with Crippen LogP contribution in [-0.4, -0.2) is 29.6 Å². The van der Waals surface area contributed by atoms with Crippen LogP contribution in [0.4, 0.5) is 29.3 Å². The van der Waals surface area contributed by atoms with Gasteiger partial charge < -0.3 is 20.6 Å². The van der Waals surface area contributed by atoms with E-state index in [-0.39, 0.29) is 41.5 Å². The van der Waals surface area contributed by atoms with Crippen molar-refractivity contribution in [2.45, 2.75) is 19.1 Å². The van der Waals surface area contributed by atoms with E-state index >= 15 is 0 Å². The lowest BCUT2D eigenvalue weighted by molar-refractivity contribution is -0.118. The molecule has 1 aliphatic rings. The van der Waals surface area contributed by atoms with Crippen molar-refractivity contribution < 1.29 is 27.9 Å². The first-order chi connectivity index (χ1) is 16.3. The third kappa shape index (κ3) is 4.57. The van der Waals surface area contributed by atoms with Crippen LogP contribution in [-0.2, 0) is 11.4 Å². The summed E-state index contributed by atoms with van der Waals surface area (Å²) < 4.78 is 43.8. The van der Waals surface area contributed by atoms with Crippen molar-refractivity contribution in [3.8, 4) is 11.1 Å². The van der Waals surface area contributed by atoms with Crippen LogP contribution in [0.2, 0.25) is 5.02 Å². The van der Waals surface area contributed by atoms with Gasteiger partial charge in [0.15, 0.2) is 11.6 Å². The zero-order chi connectivity index (χ0) is 24.4. The summed E-state index contributed by atoms with van der Waals surface area (Å²) in [5.74, 6) is -3.75. The number of urea groups is 1. The number of anilines is 2. The number of carbonyl (C=O) groups excluding carboxylic acids is 2. The molecule has 0 bridgehead atoms. The van der Waals surface area contributed by atoms with Crippen LogP contribution in [0.25, 0.3) is 11.1 Å². The summed E-state index contributed by atoms with van der Waals surface area (Å²) in [5, 5.41) is 14.4. The van der Waals surface area contributed by atoms with Gasteiger partial charge in [-0.2, -0.15) is 0 Å². The number of hydrogen-bond donors (Lipinski definition) is 3. The highest BCUT2D eigenvalue weighted by Gasteiger charge is 2.36. The molecule has 176 valence electrons. The molecule has 0 spiro atoms. The van der Waals surface area contributed by atoms with Crippen molar-refractivity contribution in [1.82, 2.24) is 5.32 Å². The second-order valence-electron chi connectivity index (χ2n) is 7.63. The third-order valence-electron chi connectivity index (χ3n) is 5.52. The molecular formula is C24H19ClF3N3O3. The van der Waals surface area contributed by atoms with E-state index in [1.165, 1.54) is 24.3 Å². The van der Waals surface area contributed by atoms with E-state index in [4.69, 9.17) is 11.6 Å². The number of hydrogen-bond acceptors (Lipinski definition) is 3. The molecule has 1 fully saturated rings. The molecule has 0 aromatic heterocycles. The Labute approximate surface area is 198 Å². The van der Waals surface area contributed by atoms with Gasteiger partial charge in [0.05, 0.1) is 18.0 Å². The third-order valence-corrected chi connectivity index (χ3v) is 5.76. The van der Waals surface area contributed by atoms with E-state index in [1.54, 1.807) is 24.3 Å². The maximum atomic E-state index is 15.0. The van der Waals surface area contributed by atoms with Crippen molar-refractivity contribution in [2.75, 3.05) is 16.8 Å². The standard InChI is InChI=1S/C24H19ClF3N3O3/c25-14-5-7-18(17(26)11-14)29-24(34)30-19-9-10-31(23(19)33)20-8-6-16(21(27)22(20)28)15-4-2-1-3-13(15)12-32/h1-8,11,19,32H,9-10,12H2,(H2,29,30,34). The summed E-state index contributed by atoms with van der Waals surface area (Å²) in [7, 11) is 0. The molecule has 0 aliphatic carbocycles. The van der Waals surface area contributed by atoms with Gasteiger partial charge in [0.2, 0.25) is 5.91 Å². The quantitative estimate of drug-likeness (QED) is 0.479. The van der Waals surface area contributed by atoms with Gasteiger partial charge in [-0.15, -0.1) is 0 Å². The molecule has 0 saturated carbocycles. The van der Waals surface area contributed by atoms with E-state index in [9.17, 15) is 27.9 Å². The summed E-state index contributed by atoms with van der Waals surface area (Å²) in [6.45, 7) is -0.305. The molecule has 3 N–H and O–H groups in total. The Kier molecular flexibility index (Phi) is 6.76. The lowest BCUT2D eigenvalue weighted by Crippen LogP contribution is -2.43. The number of nitrogens with zero attached hydrogens (tertiary/aromatic N) is 1. The highest BCUT2D eigenvalue weighted by Crippen LogP contribution is 2.34. The van der Waals surface area contributed by atoms with Crippen molar-refractivity contribution in [2.24, 2.45) is 0 Å². The van der Waals surface area contributed by atoms with Crippen molar-refractivity contribution in [3.05, 3.63) is 82.6 Å². The van der Waals surface area contributed by atoms with Crippen molar-refractivity contribution in [3.63, 3.8) is 0 Å². The summed E-state index contributed by atoms with van der Waals surface area (Å²) in [6.07, 6.45) is 0.144. The van der Waals surface area contributed by atoms with Gasteiger partial charge in [-0.1, -0.05) is 35.9 Å². The molecule has 3 aromatic carbocycles. The van der Waals surface area contributed by atoms with E-state index in [1.807, 2.05) is 0 Å². The van der Waals surface area contributed by atoms with E-state index < -0.39 is 35.4 Å². The lowest BCUT2D eigenvalue weighted by Gasteiger charge is -2.20. The molecule has 1 atom stereocenters. The summed E-state index contributed by atoms with van der Waals surface area (Å²) in [5.41, 5.74) is 0.332. The number of amides is 3. The van der Waals surface area contributed by atoms with Gasteiger partial charge >= 0.3 is 6.03 Å². The zero-order valence-corrected chi connectivity index (χ0v) is 18.4. The minimum Gasteiger partial charge on any atom is -0.392 e. The number of aliphatic hydroxyl groups is 1. The Morgan fingerprint density at radius 1 is 1.06 bits per heavy atom. The fourth-order valence-electron chi connectivity index (χ4n) is 3.84. The molecule has 1 aliphatic heterocycles. The number of halogens is 4. The molecule has 4 rings (SSSR count). The van der Waals surface area contributed by atoms with Crippen LogP contribution in [0.15, 0.2) is 54.6 Å². The van der Waals surface area contributed by atoms with Gasteiger partial charge in [0.25, 0.3) is 0 Å². The average Bonchev–Trinajstić information content (AvgIpc) is 3.17. The summed E-state index contributed by atoms with van der Waals surface area (Å²) >= 11 is 5.68. The van der Waals surface area contributed by atoms with Gasteiger partial charge in [-0.05, 0) is 47.9 Å². The molecular weight excluding hydrogens is 471 g/mol. The maximum Gasteiger partial charge on any atom is 0.319 e. The van der Waals surface area contributed by atoms with Crippen molar-refractivity contribution >= 4 is 34.9 Å². The van der Waals surface area contributed by atoms with E-state index in [0.29, 0.717) is 11.1 Å². The molecule has 6 nitrogen and oxygen atoms in total. The first-order valence-corrected chi connectivity index (χ1v) is 10.7. The largest absolute Gasteiger partial charge is 0.392 e. The lowest BCUT2D eigenvalue weighted by atomic mass is 9.99. The number of carbonyl (C=O) groups is 2. The Morgan fingerprint density at radius 3 is 2.56 bits per heavy atom. The normalized spacial score (nSPS) is 15.5. The second-order valence-corrected chi connectivity index (χ2v) is 8.07. The highest BCUT2D eigenvalue weighted by molar-refractivity contribution is 6.30. The Balaban J connectivity index is 1.50. The maximum absolute atomic E-state index is 15.0. The highest BCUT2D eigenvalue weighted by atomic mass is 35.5. The van der Waals surface area contributed by atoms with Crippen LogP contribution in [0.5, 0.6) is 0 Å². The summed E-state index contributed by atoms with van der Waals surface area (Å²) in [4.78, 5) is 26.1. The molecule has 34 heavy (non-hydrogen) atoms. The molecule has 1 unspecified atom stereocenters. The average molecular weight is 490 g/mol. The number of rotatable bonds is 5. The Hall–Kier alpha value is -3.56. The molecule has 1 saturated heterocycles. The van der Waals surface area contributed by atoms with E-state index in [0.717, 1.165) is 11.0 Å².